The van der Waals surface area contributed by atoms with Gasteiger partial charge < -0.3 is 5.11 Å². The molecule has 0 spiro atoms. The van der Waals surface area contributed by atoms with Crippen LogP contribution < -0.4 is 5.56 Å². The number of aryl methyl sites for hydroxylation is 1. The first-order chi connectivity index (χ1) is 5.16. The van der Waals surface area contributed by atoms with E-state index in [4.69, 9.17) is 16.7 Å². The van der Waals surface area contributed by atoms with Crippen molar-refractivity contribution in [2.45, 2.75) is 13.5 Å². The molecule has 0 aliphatic heterocycles. The largest absolute Gasteiger partial charge is 0.505 e. The van der Waals surface area contributed by atoms with Crippen LogP contribution in [-0.2, 0) is 6.54 Å². The Bertz CT molecular complexity index is 321. The van der Waals surface area contributed by atoms with E-state index in [1.807, 2.05) is 0 Å². The summed E-state index contributed by atoms with van der Waals surface area (Å²) in [4.78, 5) is 11.0. The minimum atomic E-state index is -0.464. The standard InChI is InChI=1S/C6H7ClN2O2/c1-2-9-6(11)5(7)4(10)3-8-9/h3,10H,2H2,1H3. The zero-order valence-corrected chi connectivity index (χ0v) is 6.67. The van der Waals surface area contributed by atoms with E-state index in [2.05, 4.69) is 5.10 Å². The molecule has 0 saturated carbocycles. The summed E-state index contributed by atoms with van der Waals surface area (Å²) in [6, 6.07) is 0. The lowest BCUT2D eigenvalue weighted by Gasteiger charge is -2.00. The van der Waals surface area contributed by atoms with E-state index in [0.29, 0.717) is 6.54 Å². The van der Waals surface area contributed by atoms with Crippen LogP contribution >= 0.6 is 11.6 Å². The van der Waals surface area contributed by atoms with E-state index in [1.54, 1.807) is 6.92 Å². The van der Waals surface area contributed by atoms with Crippen molar-refractivity contribution in [3.8, 4) is 5.75 Å². The van der Waals surface area contributed by atoms with Crippen molar-refractivity contribution in [3.63, 3.8) is 0 Å². The fourth-order valence-corrected chi connectivity index (χ4v) is 0.828. The Balaban J connectivity index is 3.37. The highest BCUT2D eigenvalue weighted by Gasteiger charge is 2.05. The molecule has 4 nitrogen and oxygen atoms in total. The molecule has 1 heterocycles. The first kappa shape index (κ1) is 8.07. The quantitative estimate of drug-likeness (QED) is 0.679. The van der Waals surface area contributed by atoms with Gasteiger partial charge in [0.25, 0.3) is 5.56 Å². The van der Waals surface area contributed by atoms with Crippen molar-refractivity contribution >= 4 is 11.6 Å². The molecule has 0 saturated heterocycles. The summed E-state index contributed by atoms with van der Waals surface area (Å²) < 4.78 is 1.17. The molecule has 5 heteroatoms. The summed E-state index contributed by atoms with van der Waals surface area (Å²) in [5.41, 5.74) is -0.464. The monoisotopic (exact) mass is 174 g/mol. The summed E-state index contributed by atoms with van der Waals surface area (Å²) in [7, 11) is 0. The predicted molar refractivity (Wildman–Crippen MR) is 40.8 cm³/mol. The smallest absolute Gasteiger partial charge is 0.289 e. The van der Waals surface area contributed by atoms with Crippen molar-refractivity contribution in [2.75, 3.05) is 0 Å². The third kappa shape index (κ3) is 1.35. The van der Waals surface area contributed by atoms with Gasteiger partial charge in [0.15, 0.2) is 10.8 Å². The number of hydrogen-bond acceptors (Lipinski definition) is 3. The number of rotatable bonds is 1. The summed E-state index contributed by atoms with van der Waals surface area (Å²) in [5, 5.41) is 12.4. The van der Waals surface area contributed by atoms with Crippen LogP contribution in [0.15, 0.2) is 11.0 Å². The minimum absolute atomic E-state index is 0.179. The molecule has 0 atom stereocenters. The zero-order valence-electron chi connectivity index (χ0n) is 5.91. The van der Waals surface area contributed by atoms with E-state index >= 15 is 0 Å². The van der Waals surface area contributed by atoms with Crippen LogP contribution in [0.1, 0.15) is 6.92 Å². The van der Waals surface area contributed by atoms with Crippen molar-refractivity contribution in [3.05, 3.63) is 21.6 Å². The van der Waals surface area contributed by atoms with Crippen LogP contribution in [0.25, 0.3) is 0 Å². The SMILES string of the molecule is CCn1ncc(O)c(Cl)c1=O. The van der Waals surface area contributed by atoms with Crippen LogP contribution in [0.3, 0.4) is 0 Å². The van der Waals surface area contributed by atoms with Crippen molar-refractivity contribution in [1.29, 1.82) is 0 Å². The van der Waals surface area contributed by atoms with Crippen LogP contribution in [0.4, 0.5) is 0 Å². The van der Waals surface area contributed by atoms with Gasteiger partial charge in [-0.25, -0.2) is 4.68 Å². The highest BCUT2D eigenvalue weighted by Crippen LogP contribution is 2.14. The molecule has 0 aromatic carbocycles. The first-order valence-corrected chi connectivity index (χ1v) is 3.49. The predicted octanol–water partition coefficient (Wildman–Crippen LogP) is 0.622. The zero-order chi connectivity index (χ0) is 8.43. The molecular weight excluding hydrogens is 168 g/mol. The lowest BCUT2D eigenvalue weighted by atomic mass is 10.5. The Morgan fingerprint density at radius 3 is 3.00 bits per heavy atom. The number of hydrogen-bond donors (Lipinski definition) is 1. The Morgan fingerprint density at radius 1 is 1.82 bits per heavy atom. The Kier molecular flexibility index (Phi) is 2.14. The van der Waals surface area contributed by atoms with Crippen molar-refractivity contribution in [1.82, 2.24) is 9.78 Å². The molecule has 0 unspecified atom stereocenters. The molecule has 0 bridgehead atoms. The molecule has 0 fully saturated rings. The minimum Gasteiger partial charge on any atom is -0.505 e. The van der Waals surface area contributed by atoms with Crippen LogP contribution in [0.5, 0.6) is 5.75 Å². The number of aromatic nitrogens is 2. The molecule has 0 aliphatic carbocycles. The van der Waals surface area contributed by atoms with Gasteiger partial charge in [-0.1, -0.05) is 11.6 Å². The maximum absolute atomic E-state index is 11.0. The van der Waals surface area contributed by atoms with Crippen LogP contribution in [0, 0.1) is 0 Å². The number of aromatic hydroxyl groups is 1. The summed E-state index contributed by atoms with van der Waals surface area (Å²) in [6.07, 6.45) is 1.15. The lowest BCUT2D eigenvalue weighted by Crippen LogP contribution is -2.21. The van der Waals surface area contributed by atoms with Gasteiger partial charge in [0, 0.05) is 6.54 Å². The number of halogens is 1. The van der Waals surface area contributed by atoms with Crippen molar-refractivity contribution < 1.29 is 5.11 Å². The maximum atomic E-state index is 11.0. The topological polar surface area (TPSA) is 55.1 Å². The number of nitrogens with zero attached hydrogens (tertiary/aromatic N) is 2. The molecule has 1 aromatic rings. The van der Waals surface area contributed by atoms with E-state index in [1.165, 1.54) is 4.68 Å². The van der Waals surface area contributed by atoms with Gasteiger partial charge in [0.2, 0.25) is 0 Å². The second-order valence-corrected chi connectivity index (χ2v) is 2.34. The highest BCUT2D eigenvalue weighted by molar-refractivity contribution is 6.31. The average Bonchev–Trinajstić information content (AvgIpc) is 2.01. The highest BCUT2D eigenvalue weighted by atomic mass is 35.5. The second kappa shape index (κ2) is 2.92. The third-order valence-electron chi connectivity index (χ3n) is 1.27. The van der Waals surface area contributed by atoms with Gasteiger partial charge in [0.1, 0.15) is 0 Å². The molecule has 1 rings (SSSR count). The van der Waals surface area contributed by atoms with Gasteiger partial charge in [-0.15, -0.1) is 0 Å². The van der Waals surface area contributed by atoms with Gasteiger partial charge in [-0.3, -0.25) is 4.79 Å². The molecule has 1 N–H and O–H groups in total. The molecule has 1 aromatic heterocycles. The van der Waals surface area contributed by atoms with Gasteiger partial charge >= 0.3 is 0 Å². The molecule has 0 radical (unpaired) electrons. The summed E-state index contributed by atoms with van der Waals surface area (Å²) >= 11 is 5.44. The molecule has 0 aliphatic rings. The van der Waals surface area contributed by atoms with Crippen LogP contribution in [0.2, 0.25) is 5.02 Å². The van der Waals surface area contributed by atoms with Gasteiger partial charge in [-0.05, 0) is 6.92 Å². The molecular formula is C6H7ClN2O2. The molecule has 11 heavy (non-hydrogen) atoms. The van der Waals surface area contributed by atoms with Crippen molar-refractivity contribution in [2.24, 2.45) is 0 Å². The van der Waals surface area contributed by atoms with Gasteiger partial charge in [-0.2, -0.15) is 5.10 Å². The Morgan fingerprint density at radius 2 is 2.45 bits per heavy atom. The Labute approximate surface area is 68.0 Å². The second-order valence-electron chi connectivity index (χ2n) is 1.96. The molecule has 60 valence electrons. The first-order valence-electron chi connectivity index (χ1n) is 3.11. The lowest BCUT2D eigenvalue weighted by molar-refractivity contribution is 0.461. The molecule has 0 amide bonds. The summed E-state index contributed by atoms with van der Waals surface area (Å²) in [5.74, 6) is -0.277. The fourth-order valence-electron chi connectivity index (χ4n) is 0.682. The van der Waals surface area contributed by atoms with E-state index in [-0.39, 0.29) is 10.8 Å². The fraction of sp³-hybridized carbons (Fsp3) is 0.333. The van der Waals surface area contributed by atoms with E-state index in [9.17, 15) is 4.79 Å². The van der Waals surface area contributed by atoms with Gasteiger partial charge in [0.05, 0.1) is 6.20 Å². The van der Waals surface area contributed by atoms with Crippen LogP contribution in [-0.4, -0.2) is 14.9 Å². The average molecular weight is 175 g/mol. The Hall–Kier alpha value is -1.03. The van der Waals surface area contributed by atoms with E-state index in [0.717, 1.165) is 6.20 Å². The maximum Gasteiger partial charge on any atom is 0.289 e. The normalized spacial score (nSPS) is 10.0. The van der Waals surface area contributed by atoms with E-state index < -0.39 is 5.56 Å². The summed E-state index contributed by atoms with van der Waals surface area (Å²) in [6.45, 7) is 2.21. The third-order valence-corrected chi connectivity index (χ3v) is 1.62.